The van der Waals surface area contributed by atoms with Gasteiger partial charge >= 0.3 is 0 Å². The third-order valence-electron chi connectivity index (χ3n) is 3.95. The molecule has 3 rings (SSSR count). The lowest BCUT2D eigenvalue weighted by molar-refractivity contribution is 0.0905. The van der Waals surface area contributed by atoms with E-state index >= 15 is 0 Å². The molecule has 0 fully saturated rings. The van der Waals surface area contributed by atoms with Crippen molar-refractivity contribution in [3.8, 4) is 21.6 Å². The van der Waals surface area contributed by atoms with Gasteiger partial charge in [-0.2, -0.15) is 0 Å². The van der Waals surface area contributed by atoms with Crippen molar-refractivity contribution in [3.63, 3.8) is 0 Å². The number of thiazole rings is 1. The molecule has 3 aromatic rings. The van der Waals surface area contributed by atoms with Gasteiger partial charge < -0.3 is 10.1 Å². The monoisotopic (exact) mass is 388 g/mol. The normalized spacial score (nSPS) is 12.0. The number of benzene rings is 2. The smallest absolute Gasteiger partial charge is 0.251 e. The number of nitrogens with one attached hydrogen (secondary N) is 1. The molecule has 0 saturated heterocycles. The predicted octanol–water partition coefficient (Wildman–Crippen LogP) is 4.52. The van der Waals surface area contributed by atoms with E-state index in [4.69, 9.17) is 4.74 Å². The van der Waals surface area contributed by atoms with Crippen molar-refractivity contribution in [1.82, 2.24) is 10.3 Å². The molecule has 0 spiro atoms. The Morgan fingerprint density at radius 1 is 1.22 bits per heavy atom. The molecule has 1 atom stereocenters. The number of aromatic nitrogens is 1. The first-order chi connectivity index (χ1) is 13.0. The number of halogens is 2. The van der Waals surface area contributed by atoms with E-state index in [1.54, 1.807) is 37.0 Å². The van der Waals surface area contributed by atoms with Crippen molar-refractivity contribution in [2.45, 2.75) is 13.0 Å². The summed E-state index contributed by atoms with van der Waals surface area (Å²) in [4.78, 5) is 17.5. The fourth-order valence-corrected chi connectivity index (χ4v) is 3.35. The zero-order chi connectivity index (χ0) is 19.4. The number of amides is 1. The number of methoxy groups -OCH3 is 1. The fraction of sp³-hybridized carbons (Fsp3) is 0.200. The summed E-state index contributed by atoms with van der Waals surface area (Å²) in [6, 6.07) is 8.29. The number of rotatable bonds is 6. The molecule has 0 aliphatic heterocycles. The maximum Gasteiger partial charge on any atom is 0.251 e. The molecule has 0 aliphatic carbocycles. The maximum atomic E-state index is 14.3. The lowest BCUT2D eigenvalue weighted by atomic mass is 9.98. The molecule has 1 heterocycles. The highest BCUT2D eigenvalue weighted by Gasteiger charge is 2.15. The molecule has 4 nitrogen and oxygen atoms in total. The van der Waals surface area contributed by atoms with Gasteiger partial charge in [-0.25, -0.2) is 8.78 Å². The van der Waals surface area contributed by atoms with Gasteiger partial charge in [0.05, 0.1) is 17.0 Å². The van der Waals surface area contributed by atoms with E-state index in [1.807, 2.05) is 6.92 Å². The molecule has 1 unspecified atom stereocenters. The SMILES string of the molecule is COCC(C)NC(=O)c1cc(-c2cncs2)cc(-c2ccc(F)cc2F)c1. The van der Waals surface area contributed by atoms with Crippen molar-refractivity contribution >= 4 is 17.2 Å². The molecule has 7 heteroatoms. The Morgan fingerprint density at radius 2 is 2.00 bits per heavy atom. The van der Waals surface area contributed by atoms with Crippen LogP contribution in [0.2, 0.25) is 0 Å². The molecule has 2 aromatic carbocycles. The number of carbonyl (C=O) groups is 1. The van der Waals surface area contributed by atoms with Crippen LogP contribution in [0.15, 0.2) is 48.1 Å². The van der Waals surface area contributed by atoms with Gasteiger partial charge in [-0.15, -0.1) is 11.3 Å². The Kier molecular flexibility index (Phi) is 5.93. The summed E-state index contributed by atoms with van der Waals surface area (Å²) < 4.78 is 32.6. The highest BCUT2D eigenvalue weighted by atomic mass is 32.1. The predicted molar refractivity (Wildman–Crippen MR) is 102 cm³/mol. The first-order valence-electron chi connectivity index (χ1n) is 8.27. The molecule has 0 bridgehead atoms. The second-order valence-electron chi connectivity index (χ2n) is 6.12. The standard InChI is InChI=1S/C20H18F2N2O2S/c1-12(10-26-2)24-20(25)15-6-13(17-4-3-16(21)8-18(17)22)5-14(7-15)19-9-23-11-27-19/h3-9,11-12H,10H2,1-2H3,(H,24,25). The molecule has 0 aliphatic rings. The van der Waals surface area contributed by atoms with Gasteiger partial charge in [-0.3, -0.25) is 9.78 Å². The quantitative estimate of drug-likeness (QED) is 0.675. The molecule has 27 heavy (non-hydrogen) atoms. The first-order valence-corrected chi connectivity index (χ1v) is 9.15. The largest absolute Gasteiger partial charge is 0.383 e. The Hall–Kier alpha value is -2.64. The Labute approximate surface area is 159 Å². The minimum atomic E-state index is -0.685. The average Bonchev–Trinajstić information content (AvgIpc) is 3.16. The Morgan fingerprint density at radius 3 is 2.67 bits per heavy atom. The second kappa shape index (κ2) is 8.37. The molecular formula is C20H18F2N2O2S. The van der Waals surface area contributed by atoms with Crippen LogP contribution in [0.25, 0.3) is 21.6 Å². The minimum absolute atomic E-state index is 0.180. The summed E-state index contributed by atoms with van der Waals surface area (Å²) in [6.07, 6.45) is 1.68. The third-order valence-corrected chi connectivity index (χ3v) is 4.77. The number of carbonyl (C=O) groups excluding carboxylic acids is 1. The molecule has 1 aromatic heterocycles. The Balaban J connectivity index is 2.05. The van der Waals surface area contributed by atoms with Crippen LogP contribution in [0.3, 0.4) is 0 Å². The van der Waals surface area contributed by atoms with E-state index in [0.29, 0.717) is 17.7 Å². The van der Waals surface area contributed by atoms with Crippen molar-refractivity contribution in [3.05, 3.63) is 65.3 Å². The van der Waals surface area contributed by atoms with Gasteiger partial charge in [0.2, 0.25) is 0 Å². The van der Waals surface area contributed by atoms with Gasteiger partial charge in [0.1, 0.15) is 11.6 Å². The van der Waals surface area contributed by atoms with E-state index in [2.05, 4.69) is 10.3 Å². The van der Waals surface area contributed by atoms with E-state index in [0.717, 1.165) is 16.5 Å². The van der Waals surface area contributed by atoms with Gasteiger partial charge in [0.15, 0.2) is 0 Å². The molecule has 1 amide bonds. The molecule has 0 radical (unpaired) electrons. The van der Waals surface area contributed by atoms with Crippen molar-refractivity contribution in [2.24, 2.45) is 0 Å². The number of ether oxygens (including phenoxy) is 1. The first kappa shape index (κ1) is 19.1. The van der Waals surface area contributed by atoms with Crippen LogP contribution in [0.4, 0.5) is 8.78 Å². The molecule has 1 N–H and O–H groups in total. The Bertz CT molecular complexity index is 945. The number of hydrogen-bond donors (Lipinski definition) is 1. The summed E-state index contributed by atoms with van der Waals surface area (Å²) in [7, 11) is 1.56. The second-order valence-corrected chi connectivity index (χ2v) is 7.01. The van der Waals surface area contributed by atoms with Crippen LogP contribution in [0.1, 0.15) is 17.3 Å². The van der Waals surface area contributed by atoms with Crippen LogP contribution >= 0.6 is 11.3 Å². The molecular weight excluding hydrogens is 370 g/mol. The summed E-state index contributed by atoms with van der Waals surface area (Å²) in [5.41, 5.74) is 3.51. The minimum Gasteiger partial charge on any atom is -0.383 e. The van der Waals surface area contributed by atoms with Crippen LogP contribution in [-0.4, -0.2) is 30.6 Å². The zero-order valence-electron chi connectivity index (χ0n) is 14.8. The average molecular weight is 388 g/mol. The summed E-state index contributed by atoms with van der Waals surface area (Å²) in [6.45, 7) is 2.20. The van der Waals surface area contributed by atoms with E-state index < -0.39 is 11.6 Å². The van der Waals surface area contributed by atoms with Gasteiger partial charge in [0.25, 0.3) is 5.91 Å². The van der Waals surface area contributed by atoms with Crippen molar-refractivity contribution < 1.29 is 18.3 Å². The topological polar surface area (TPSA) is 51.2 Å². The van der Waals surface area contributed by atoms with Crippen LogP contribution in [0, 0.1) is 11.6 Å². The van der Waals surface area contributed by atoms with Crippen molar-refractivity contribution in [1.29, 1.82) is 0 Å². The number of hydrogen-bond acceptors (Lipinski definition) is 4. The molecule has 0 saturated carbocycles. The summed E-state index contributed by atoms with van der Waals surface area (Å²) in [5, 5.41) is 2.84. The fourth-order valence-electron chi connectivity index (χ4n) is 2.74. The van der Waals surface area contributed by atoms with Crippen molar-refractivity contribution in [2.75, 3.05) is 13.7 Å². The van der Waals surface area contributed by atoms with E-state index in [-0.39, 0.29) is 17.5 Å². The van der Waals surface area contributed by atoms with Gasteiger partial charge in [0, 0.05) is 36.5 Å². The van der Waals surface area contributed by atoms with E-state index in [9.17, 15) is 13.6 Å². The zero-order valence-corrected chi connectivity index (χ0v) is 15.6. The van der Waals surface area contributed by atoms with Crippen LogP contribution in [-0.2, 0) is 4.74 Å². The molecule has 140 valence electrons. The third kappa shape index (κ3) is 4.56. The van der Waals surface area contributed by atoms with Crippen LogP contribution in [0.5, 0.6) is 0 Å². The highest BCUT2D eigenvalue weighted by molar-refractivity contribution is 7.13. The lowest BCUT2D eigenvalue weighted by Crippen LogP contribution is -2.35. The number of nitrogens with zero attached hydrogens (tertiary/aromatic N) is 1. The highest BCUT2D eigenvalue weighted by Crippen LogP contribution is 2.31. The maximum absolute atomic E-state index is 14.3. The van der Waals surface area contributed by atoms with Crippen LogP contribution < -0.4 is 5.32 Å². The lowest BCUT2D eigenvalue weighted by Gasteiger charge is -2.14. The van der Waals surface area contributed by atoms with Gasteiger partial charge in [-0.1, -0.05) is 0 Å². The summed E-state index contributed by atoms with van der Waals surface area (Å²) >= 11 is 1.41. The summed E-state index contributed by atoms with van der Waals surface area (Å²) in [5.74, 6) is -1.63. The van der Waals surface area contributed by atoms with E-state index in [1.165, 1.54) is 23.5 Å². The van der Waals surface area contributed by atoms with Gasteiger partial charge in [-0.05, 0) is 48.4 Å².